The fraction of sp³-hybridized carbons (Fsp3) is 0.654. The predicted molar refractivity (Wildman–Crippen MR) is 118 cm³/mol. The molecule has 1 N–H and O–H groups in total. The molecule has 2 aliphatic carbocycles. The maximum Gasteiger partial charge on any atom is 0.338 e. The van der Waals surface area contributed by atoms with E-state index in [2.05, 4.69) is 32.9 Å². The summed E-state index contributed by atoms with van der Waals surface area (Å²) in [5, 5.41) is 10.2. The summed E-state index contributed by atoms with van der Waals surface area (Å²) in [5.74, 6) is 1.43. The van der Waals surface area contributed by atoms with Crippen molar-refractivity contribution < 1.29 is 14.6 Å². The highest BCUT2D eigenvalue weighted by atomic mass is 16.5. The summed E-state index contributed by atoms with van der Waals surface area (Å²) in [5.41, 5.74) is 0.160. The van der Waals surface area contributed by atoms with Crippen LogP contribution in [-0.2, 0) is 4.74 Å². The number of hydrogen-bond donors (Lipinski definition) is 1. The van der Waals surface area contributed by atoms with Gasteiger partial charge < -0.3 is 9.84 Å². The summed E-state index contributed by atoms with van der Waals surface area (Å²) in [6.07, 6.45) is 10.1. The first-order chi connectivity index (χ1) is 13.6. The summed E-state index contributed by atoms with van der Waals surface area (Å²) in [4.78, 5) is 12.6. The monoisotopic (exact) mass is 398 g/mol. The lowest BCUT2D eigenvalue weighted by Gasteiger charge is -2.45. The zero-order valence-electron chi connectivity index (χ0n) is 18.7. The number of carbonyl (C=O) groups is 1. The van der Waals surface area contributed by atoms with Crippen LogP contribution in [-0.4, -0.2) is 22.8 Å². The van der Waals surface area contributed by atoms with E-state index in [1.54, 1.807) is 0 Å². The van der Waals surface area contributed by atoms with Crippen LogP contribution in [0.2, 0.25) is 0 Å². The number of rotatable bonds is 6. The third-order valence-electron chi connectivity index (χ3n) is 7.86. The molecule has 160 valence electrons. The third kappa shape index (κ3) is 4.77. The van der Waals surface area contributed by atoms with E-state index in [0.717, 1.165) is 19.3 Å². The van der Waals surface area contributed by atoms with Gasteiger partial charge in [-0.25, -0.2) is 4.79 Å². The van der Waals surface area contributed by atoms with Crippen molar-refractivity contribution in [1.82, 2.24) is 0 Å². The van der Waals surface area contributed by atoms with Gasteiger partial charge in [0, 0.05) is 11.8 Å². The predicted octanol–water partition coefficient (Wildman–Crippen LogP) is 6.03. The second-order valence-corrected chi connectivity index (χ2v) is 10.2. The van der Waals surface area contributed by atoms with Gasteiger partial charge in [0.25, 0.3) is 0 Å². The van der Waals surface area contributed by atoms with Gasteiger partial charge in [0.15, 0.2) is 0 Å². The Morgan fingerprint density at radius 1 is 1.17 bits per heavy atom. The molecule has 3 nitrogen and oxygen atoms in total. The number of allylic oxidation sites excluding steroid dienone is 1. The fourth-order valence-electron chi connectivity index (χ4n) is 5.66. The van der Waals surface area contributed by atoms with Crippen molar-refractivity contribution in [3.8, 4) is 0 Å². The Hall–Kier alpha value is -1.61. The van der Waals surface area contributed by atoms with Crippen molar-refractivity contribution in [3.63, 3.8) is 0 Å². The van der Waals surface area contributed by atoms with Gasteiger partial charge in [0.1, 0.15) is 6.10 Å². The Balaban J connectivity index is 1.69. The Morgan fingerprint density at radius 2 is 1.86 bits per heavy atom. The molecule has 29 heavy (non-hydrogen) atoms. The van der Waals surface area contributed by atoms with E-state index in [9.17, 15) is 9.90 Å². The molecule has 3 heteroatoms. The maximum absolute atomic E-state index is 12.6. The van der Waals surface area contributed by atoms with Gasteiger partial charge in [-0.1, -0.05) is 51.1 Å². The van der Waals surface area contributed by atoms with Crippen molar-refractivity contribution in [1.29, 1.82) is 0 Å². The molecular weight excluding hydrogens is 360 g/mol. The summed E-state index contributed by atoms with van der Waals surface area (Å²) < 4.78 is 6.04. The smallest absolute Gasteiger partial charge is 0.338 e. The number of carbonyl (C=O) groups excluding carboxylic acids is 1. The molecular formula is C26H38O3. The van der Waals surface area contributed by atoms with Crippen LogP contribution < -0.4 is 0 Å². The van der Waals surface area contributed by atoms with Gasteiger partial charge in [-0.15, -0.1) is 0 Å². The molecule has 0 heterocycles. The van der Waals surface area contributed by atoms with Crippen LogP contribution >= 0.6 is 0 Å². The lowest BCUT2D eigenvalue weighted by molar-refractivity contribution is -0.0444. The van der Waals surface area contributed by atoms with E-state index < -0.39 is 5.60 Å². The first kappa shape index (κ1) is 22.1. The zero-order valence-corrected chi connectivity index (χ0v) is 18.7. The number of esters is 1. The maximum atomic E-state index is 12.6. The molecule has 6 atom stereocenters. The fourth-order valence-corrected chi connectivity index (χ4v) is 5.66. The molecule has 1 aromatic carbocycles. The van der Waals surface area contributed by atoms with Gasteiger partial charge in [-0.3, -0.25) is 0 Å². The van der Waals surface area contributed by atoms with Gasteiger partial charge in [-0.2, -0.15) is 0 Å². The lowest BCUT2D eigenvalue weighted by Crippen LogP contribution is -2.43. The highest BCUT2D eigenvalue weighted by Crippen LogP contribution is 2.58. The summed E-state index contributed by atoms with van der Waals surface area (Å²) in [7, 11) is 0. The van der Waals surface area contributed by atoms with Gasteiger partial charge in [-0.05, 0) is 75.3 Å². The molecule has 0 radical (unpaired) electrons. The van der Waals surface area contributed by atoms with Gasteiger partial charge in [0.05, 0.1) is 11.2 Å². The molecule has 0 aliphatic heterocycles. The molecule has 2 aliphatic rings. The molecule has 0 aromatic heterocycles. The standard InChI is InChI=1S/C26H38O3/c1-18(13-14-19(2)25(3,4)28)21-15-16-22-23(12-9-17-26(21,22)5)29-24(27)20-10-7-6-8-11-20/h6-8,10-11,13-14,18-19,21-23,28H,9,12,15-17H2,1-5H3/b14-13+/t18-,19+,21-,22?,23+,26-/m1/s1. The van der Waals surface area contributed by atoms with Crippen LogP contribution in [0.4, 0.5) is 0 Å². The minimum Gasteiger partial charge on any atom is -0.458 e. The van der Waals surface area contributed by atoms with Crippen LogP contribution in [0.1, 0.15) is 77.1 Å². The molecule has 3 rings (SSSR count). The largest absolute Gasteiger partial charge is 0.458 e. The Labute approximate surface area is 176 Å². The van der Waals surface area contributed by atoms with E-state index in [0.29, 0.717) is 23.3 Å². The first-order valence-corrected chi connectivity index (χ1v) is 11.3. The number of hydrogen-bond acceptors (Lipinski definition) is 3. The van der Waals surface area contributed by atoms with Crippen molar-refractivity contribution in [2.45, 2.75) is 78.4 Å². The molecule has 0 saturated heterocycles. The average molecular weight is 399 g/mol. The lowest BCUT2D eigenvalue weighted by atomic mass is 9.61. The molecule has 0 bridgehead atoms. The van der Waals surface area contributed by atoms with Crippen LogP contribution in [0.3, 0.4) is 0 Å². The van der Waals surface area contributed by atoms with E-state index >= 15 is 0 Å². The minimum atomic E-state index is -0.695. The second kappa shape index (κ2) is 8.63. The summed E-state index contributed by atoms with van der Waals surface area (Å²) in [6, 6.07) is 9.35. The Kier molecular flexibility index (Phi) is 6.57. The van der Waals surface area contributed by atoms with E-state index in [1.807, 2.05) is 44.2 Å². The van der Waals surface area contributed by atoms with E-state index in [-0.39, 0.29) is 23.4 Å². The first-order valence-electron chi connectivity index (χ1n) is 11.3. The van der Waals surface area contributed by atoms with Crippen molar-refractivity contribution >= 4 is 5.97 Å². The summed E-state index contributed by atoms with van der Waals surface area (Å²) in [6.45, 7) is 10.5. The van der Waals surface area contributed by atoms with Crippen LogP contribution in [0.15, 0.2) is 42.5 Å². The van der Waals surface area contributed by atoms with Crippen molar-refractivity contribution in [2.75, 3.05) is 0 Å². The average Bonchev–Trinajstić information content (AvgIpc) is 3.03. The minimum absolute atomic E-state index is 0.0259. The molecule has 1 unspecified atom stereocenters. The SMILES string of the molecule is C[C@H](/C=C/[C@H](C)C(C)(C)O)[C@H]1CCC2[C@@H](OC(=O)c3ccccc3)CCC[C@@]21C. The number of fused-ring (bicyclic) bond motifs is 1. The van der Waals surface area contributed by atoms with E-state index in [1.165, 1.54) is 12.8 Å². The Morgan fingerprint density at radius 3 is 2.52 bits per heavy atom. The second-order valence-electron chi connectivity index (χ2n) is 10.2. The third-order valence-corrected chi connectivity index (χ3v) is 7.86. The molecule has 1 aromatic rings. The van der Waals surface area contributed by atoms with E-state index in [4.69, 9.17) is 4.74 Å². The van der Waals surface area contributed by atoms with Crippen LogP contribution in [0.5, 0.6) is 0 Å². The van der Waals surface area contributed by atoms with Crippen molar-refractivity contribution in [2.24, 2.45) is 29.1 Å². The van der Waals surface area contributed by atoms with Crippen LogP contribution in [0, 0.1) is 29.1 Å². The Bertz CT molecular complexity index is 717. The number of ether oxygens (including phenoxy) is 1. The summed E-state index contributed by atoms with van der Waals surface area (Å²) >= 11 is 0. The molecule has 0 spiro atoms. The normalized spacial score (nSPS) is 32.0. The van der Waals surface area contributed by atoms with Crippen LogP contribution in [0.25, 0.3) is 0 Å². The highest BCUT2D eigenvalue weighted by molar-refractivity contribution is 5.89. The number of benzene rings is 1. The topological polar surface area (TPSA) is 46.5 Å². The highest BCUT2D eigenvalue weighted by Gasteiger charge is 2.53. The number of aliphatic hydroxyl groups is 1. The molecule has 2 saturated carbocycles. The van der Waals surface area contributed by atoms with Gasteiger partial charge >= 0.3 is 5.97 Å². The molecule has 2 fully saturated rings. The van der Waals surface area contributed by atoms with Crippen molar-refractivity contribution in [3.05, 3.63) is 48.0 Å². The van der Waals surface area contributed by atoms with Gasteiger partial charge in [0.2, 0.25) is 0 Å². The zero-order chi connectivity index (χ0) is 21.2. The quantitative estimate of drug-likeness (QED) is 0.470. The molecule has 0 amide bonds.